The Morgan fingerprint density at radius 2 is 1.86 bits per heavy atom. The van der Waals surface area contributed by atoms with Gasteiger partial charge in [-0.2, -0.15) is 0 Å². The van der Waals surface area contributed by atoms with Crippen molar-refractivity contribution in [2.75, 3.05) is 26.7 Å². The number of carbonyl (C=O) groups is 1. The lowest BCUT2D eigenvalue weighted by molar-refractivity contribution is -0.149. The smallest absolute Gasteiger partial charge is 0.334 e. The molecule has 4 heteroatoms. The largest absolute Gasteiger partial charge is 0.479 e. The van der Waals surface area contributed by atoms with E-state index in [4.69, 9.17) is 9.84 Å². The van der Waals surface area contributed by atoms with Crippen LogP contribution in [0.2, 0.25) is 0 Å². The lowest BCUT2D eigenvalue weighted by Crippen LogP contribution is -2.38. The van der Waals surface area contributed by atoms with Gasteiger partial charge in [0.15, 0.2) is 6.10 Å². The summed E-state index contributed by atoms with van der Waals surface area (Å²) in [5.74, 6) is -0.885. The maximum Gasteiger partial charge on any atom is 0.334 e. The Kier molecular flexibility index (Phi) is 7.42. The molecule has 0 saturated heterocycles. The summed E-state index contributed by atoms with van der Waals surface area (Å²) < 4.78 is 4.89. The minimum absolute atomic E-state index is 0.480. The number of methoxy groups -OCH3 is 1. The van der Waals surface area contributed by atoms with Gasteiger partial charge in [0.25, 0.3) is 0 Å². The van der Waals surface area contributed by atoms with Crippen molar-refractivity contribution in [3.63, 3.8) is 0 Å². The van der Waals surface area contributed by atoms with Crippen molar-refractivity contribution in [2.24, 2.45) is 0 Å². The SMILES string of the molecule is CCCN(CCC)CC(OC)C(=O)O. The van der Waals surface area contributed by atoms with Gasteiger partial charge in [-0.3, -0.25) is 0 Å². The Hall–Kier alpha value is -0.610. The summed E-state index contributed by atoms with van der Waals surface area (Å²) in [6, 6.07) is 0. The van der Waals surface area contributed by atoms with Gasteiger partial charge in [-0.25, -0.2) is 4.79 Å². The molecule has 14 heavy (non-hydrogen) atoms. The molecule has 0 radical (unpaired) electrons. The minimum atomic E-state index is -0.885. The molecule has 0 aliphatic carbocycles. The third kappa shape index (κ3) is 5.19. The molecule has 1 atom stereocenters. The Labute approximate surface area is 85.9 Å². The van der Waals surface area contributed by atoms with E-state index in [1.807, 2.05) is 0 Å². The van der Waals surface area contributed by atoms with Crippen LogP contribution in [0.25, 0.3) is 0 Å². The van der Waals surface area contributed by atoms with E-state index in [-0.39, 0.29) is 0 Å². The summed E-state index contributed by atoms with van der Waals surface area (Å²) in [6.07, 6.45) is 1.37. The number of hydrogen-bond donors (Lipinski definition) is 1. The molecule has 0 aromatic heterocycles. The van der Waals surface area contributed by atoms with E-state index < -0.39 is 12.1 Å². The maximum atomic E-state index is 10.7. The highest BCUT2D eigenvalue weighted by Gasteiger charge is 2.19. The van der Waals surface area contributed by atoms with Crippen LogP contribution in [0, 0.1) is 0 Å². The summed E-state index contributed by atoms with van der Waals surface area (Å²) in [5.41, 5.74) is 0. The van der Waals surface area contributed by atoms with E-state index >= 15 is 0 Å². The zero-order chi connectivity index (χ0) is 11.0. The van der Waals surface area contributed by atoms with E-state index in [9.17, 15) is 4.79 Å². The van der Waals surface area contributed by atoms with E-state index in [1.54, 1.807) is 0 Å². The molecule has 84 valence electrons. The molecular weight excluding hydrogens is 182 g/mol. The van der Waals surface area contributed by atoms with Crippen LogP contribution in [0.15, 0.2) is 0 Å². The lowest BCUT2D eigenvalue weighted by Gasteiger charge is -2.23. The van der Waals surface area contributed by atoms with E-state index in [1.165, 1.54) is 7.11 Å². The van der Waals surface area contributed by atoms with Crippen LogP contribution in [0.4, 0.5) is 0 Å². The molecule has 0 heterocycles. The zero-order valence-electron chi connectivity index (χ0n) is 9.32. The van der Waals surface area contributed by atoms with Crippen LogP contribution in [-0.4, -0.2) is 48.8 Å². The predicted octanol–water partition coefficient (Wildman–Crippen LogP) is 1.21. The Balaban J connectivity index is 4.03. The van der Waals surface area contributed by atoms with Crippen molar-refractivity contribution in [1.82, 2.24) is 4.90 Å². The second kappa shape index (κ2) is 7.76. The van der Waals surface area contributed by atoms with Crippen LogP contribution >= 0.6 is 0 Å². The summed E-state index contributed by atoms with van der Waals surface area (Å²) in [6.45, 7) is 6.52. The first-order valence-corrected chi connectivity index (χ1v) is 5.13. The Bertz CT molecular complexity index is 155. The number of carboxylic acid groups (broad SMARTS) is 1. The standard InChI is InChI=1S/C10H21NO3/c1-4-6-11(7-5-2)8-9(14-3)10(12)13/h9H,4-8H2,1-3H3,(H,12,13). The topological polar surface area (TPSA) is 49.8 Å². The highest BCUT2D eigenvalue weighted by Crippen LogP contribution is 1.99. The van der Waals surface area contributed by atoms with Gasteiger partial charge in [-0.1, -0.05) is 13.8 Å². The maximum absolute atomic E-state index is 10.7. The molecule has 0 aliphatic rings. The zero-order valence-corrected chi connectivity index (χ0v) is 9.32. The van der Waals surface area contributed by atoms with Crippen molar-refractivity contribution < 1.29 is 14.6 Å². The van der Waals surface area contributed by atoms with Gasteiger partial charge in [0.05, 0.1) is 0 Å². The molecule has 1 N–H and O–H groups in total. The third-order valence-electron chi connectivity index (χ3n) is 2.06. The predicted molar refractivity (Wildman–Crippen MR) is 55.5 cm³/mol. The average molecular weight is 203 g/mol. The molecule has 0 aromatic rings. The first kappa shape index (κ1) is 13.4. The van der Waals surface area contributed by atoms with Crippen molar-refractivity contribution in [2.45, 2.75) is 32.8 Å². The summed E-state index contributed by atoms with van der Waals surface area (Å²) >= 11 is 0. The molecule has 4 nitrogen and oxygen atoms in total. The molecular formula is C10H21NO3. The molecule has 0 aliphatic heterocycles. The van der Waals surface area contributed by atoms with Gasteiger partial charge >= 0.3 is 5.97 Å². The summed E-state index contributed by atoms with van der Waals surface area (Å²) in [5, 5.41) is 8.81. The van der Waals surface area contributed by atoms with Crippen LogP contribution in [0.3, 0.4) is 0 Å². The Morgan fingerprint density at radius 1 is 1.36 bits per heavy atom. The molecule has 1 unspecified atom stereocenters. The average Bonchev–Trinajstić information content (AvgIpc) is 2.14. The fourth-order valence-corrected chi connectivity index (χ4v) is 1.41. The summed E-state index contributed by atoms with van der Waals surface area (Å²) in [4.78, 5) is 12.9. The van der Waals surface area contributed by atoms with E-state index in [0.29, 0.717) is 6.54 Å². The van der Waals surface area contributed by atoms with Crippen molar-refractivity contribution in [1.29, 1.82) is 0 Å². The monoisotopic (exact) mass is 203 g/mol. The molecule has 0 spiro atoms. The van der Waals surface area contributed by atoms with Gasteiger partial charge in [-0.05, 0) is 25.9 Å². The lowest BCUT2D eigenvalue weighted by atomic mass is 10.3. The van der Waals surface area contributed by atoms with E-state index in [0.717, 1.165) is 25.9 Å². The number of hydrogen-bond acceptors (Lipinski definition) is 3. The number of carboxylic acids is 1. The molecule has 0 aromatic carbocycles. The van der Waals surface area contributed by atoms with Gasteiger partial charge in [0.2, 0.25) is 0 Å². The Morgan fingerprint density at radius 3 is 2.14 bits per heavy atom. The molecule has 0 saturated carbocycles. The highest BCUT2D eigenvalue weighted by molar-refractivity contribution is 5.72. The normalized spacial score (nSPS) is 13.1. The van der Waals surface area contributed by atoms with Crippen LogP contribution in [-0.2, 0) is 9.53 Å². The molecule has 0 amide bonds. The number of ether oxygens (including phenoxy) is 1. The molecule has 0 rings (SSSR count). The van der Waals surface area contributed by atoms with Gasteiger partial charge < -0.3 is 14.7 Å². The molecule has 0 fully saturated rings. The second-order valence-corrected chi connectivity index (χ2v) is 3.36. The van der Waals surface area contributed by atoms with Crippen LogP contribution in [0.1, 0.15) is 26.7 Å². The van der Waals surface area contributed by atoms with Gasteiger partial charge in [-0.15, -0.1) is 0 Å². The quantitative estimate of drug-likeness (QED) is 0.644. The highest BCUT2D eigenvalue weighted by atomic mass is 16.5. The first-order valence-electron chi connectivity index (χ1n) is 5.13. The van der Waals surface area contributed by atoms with Crippen LogP contribution < -0.4 is 0 Å². The second-order valence-electron chi connectivity index (χ2n) is 3.36. The van der Waals surface area contributed by atoms with Gasteiger partial charge in [0.1, 0.15) is 0 Å². The number of nitrogens with zero attached hydrogens (tertiary/aromatic N) is 1. The minimum Gasteiger partial charge on any atom is -0.479 e. The van der Waals surface area contributed by atoms with Crippen molar-refractivity contribution in [3.8, 4) is 0 Å². The van der Waals surface area contributed by atoms with Gasteiger partial charge in [0, 0.05) is 13.7 Å². The number of aliphatic carboxylic acids is 1. The van der Waals surface area contributed by atoms with Crippen LogP contribution in [0.5, 0.6) is 0 Å². The third-order valence-corrected chi connectivity index (χ3v) is 2.06. The van der Waals surface area contributed by atoms with Crippen molar-refractivity contribution in [3.05, 3.63) is 0 Å². The molecule has 0 bridgehead atoms. The van der Waals surface area contributed by atoms with Crippen molar-refractivity contribution >= 4 is 5.97 Å². The first-order chi connectivity index (χ1) is 6.65. The number of rotatable bonds is 8. The fraction of sp³-hybridized carbons (Fsp3) is 0.900. The summed E-state index contributed by atoms with van der Waals surface area (Å²) in [7, 11) is 1.44. The van der Waals surface area contributed by atoms with E-state index in [2.05, 4.69) is 18.7 Å². The fourth-order valence-electron chi connectivity index (χ4n) is 1.41.